The second kappa shape index (κ2) is 7.79. The fraction of sp³-hybridized carbons (Fsp3) is 0.286. The van der Waals surface area contributed by atoms with Crippen LogP contribution in [0, 0.1) is 0 Å². The molecule has 4 rings (SSSR count). The number of nitrogens with zero attached hydrogens (tertiary/aromatic N) is 2. The van der Waals surface area contributed by atoms with E-state index in [-0.39, 0.29) is 22.2 Å². The van der Waals surface area contributed by atoms with Gasteiger partial charge in [0.1, 0.15) is 6.54 Å². The Hall–Kier alpha value is -3.00. The van der Waals surface area contributed by atoms with Crippen LogP contribution in [-0.2, 0) is 21.2 Å². The average molecular weight is 411 g/mol. The van der Waals surface area contributed by atoms with Crippen LogP contribution < -0.4 is 10.9 Å². The molecule has 0 radical (unpaired) electrons. The molecule has 0 atom stereocenters. The van der Waals surface area contributed by atoms with Gasteiger partial charge in [-0.1, -0.05) is 37.1 Å². The normalized spacial score (nSPS) is 14.9. The summed E-state index contributed by atoms with van der Waals surface area (Å²) in [5.74, 6) is -0.453. The highest BCUT2D eigenvalue weighted by molar-refractivity contribution is 7.92. The number of hydrogen-bond acceptors (Lipinski definition) is 5. The van der Waals surface area contributed by atoms with Crippen LogP contribution in [0.25, 0.3) is 10.8 Å². The van der Waals surface area contributed by atoms with Crippen LogP contribution in [0.2, 0.25) is 0 Å². The number of amides is 1. The number of benzene rings is 2. The minimum atomic E-state index is -3.41. The van der Waals surface area contributed by atoms with E-state index in [1.165, 1.54) is 6.07 Å². The molecule has 0 unspecified atom stereocenters. The van der Waals surface area contributed by atoms with E-state index in [4.69, 9.17) is 0 Å². The third-order valence-corrected chi connectivity index (χ3v) is 7.50. The molecule has 0 spiro atoms. The van der Waals surface area contributed by atoms with Crippen molar-refractivity contribution in [1.82, 2.24) is 9.78 Å². The van der Waals surface area contributed by atoms with Gasteiger partial charge < -0.3 is 5.32 Å². The summed E-state index contributed by atoms with van der Waals surface area (Å²) in [6.07, 6.45) is 4.74. The molecule has 1 fully saturated rings. The predicted octanol–water partition coefficient (Wildman–Crippen LogP) is 2.75. The van der Waals surface area contributed by atoms with Crippen LogP contribution in [0.3, 0.4) is 0 Å². The van der Waals surface area contributed by atoms with Gasteiger partial charge in [-0.25, -0.2) is 13.1 Å². The topological polar surface area (TPSA) is 98.1 Å². The SMILES string of the molecule is O=C(Cn1ncc2ccccc2c1=O)Nc1cccc(S(=O)(=O)C2CCCC2)c1. The van der Waals surface area contributed by atoms with Crippen LogP contribution in [0.5, 0.6) is 0 Å². The zero-order valence-electron chi connectivity index (χ0n) is 15.7. The Balaban J connectivity index is 1.52. The van der Waals surface area contributed by atoms with E-state index < -0.39 is 15.7 Å². The highest BCUT2D eigenvalue weighted by Crippen LogP contribution is 2.30. The first kappa shape index (κ1) is 19.3. The van der Waals surface area contributed by atoms with Crippen molar-refractivity contribution in [2.45, 2.75) is 42.4 Å². The van der Waals surface area contributed by atoms with Crippen molar-refractivity contribution in [1.29, 1.82) is 0 Å². The van der Waals surface area contributed by atoms with Gasteiger partial charge in [0.25, 0.3) is 5.56 Å². The Kier molecular flexibility index (Phi) is 5.19. The third-order valence-electron chi connectivity index (χ3n) is 5.24. The van der Waals surface area contributed by atoms with Gasteiger partial charge in [0.2, 0.25) is 5.91 Å². The number of aromatic nitrogens is 2. The average Bonchev–Trinajstić information content (AvgIpc) is 3.26. The molecule has 1 heterocycles. The molecule has 0 saturated heterocycles. The molecule has 0 aliphatic heterocycles. The van der Waals surface area contributed by atoms with E-state index in [2.05, 4.69) is 10.4 Å². The lowest BCUT2D eigenvalue weighted by Crippen LogP contribution is -2.29. The van der Waals surface area contributed by atoms with Crippen molar-refractivity contribution in [2.75, 3.05) is 5.32 Å². The molecule has 2 aromatic carbocycles. The predicted molar refractivity (Wildman–Crippen MR) is 111 cm³/mol. The van der Waals surface area contributed by atoms with Crippen LogP contribution in [0.1, 0.15) is 25.7 Å². The molecule has 8 heteroatoms. The molecule has 1 aliphatic rings. The number of carbonyl (C=O) groups excluding carboxylic acids is 1. The number of nitrogens with one attached hydrogen (secondary N) is 1. The van der Waals surface area contributed by atoms with Crippen molar-refractivity contribution < 1.29 is 13.2 Å². The summed E-state index contributed by atoms with van der Waals surface area (Å²) in [5, 5.41) is 7.55. The number of sulfone groups is 1. The van der Waals surface area contributed by atoms with Gasteiger partial charge in [0.15, 0.2) is 9.84 Å². The molecule has 1 N–H and O–H groups in total. The van der Waals surface area contributed by atoms with Crippen molar-refractivity contribution in [3.8, 4) is 0 Å². The largest absolute Gasteiger partial charge is 0.324 e. The third kappa shape index (κ3) is 3.93. The quantitative estimate of drug-likeness (QED) is 0.696. The van der Waals surface area contributed by atoms with E-state index in [1.54, 1.807) is 42.6 Å². The fourth-order valence-corrected chi connectivity index (χ4v) is 5.62. The molecule has 7 nitrogen and oxygen atoms in total. The fourth-order valence-electron chi connectivity index (χ4n) is 3.72. The molecular formula is C21H21N3O4S. The van der Waals surface area contributed by atoms with Gasteiger partial charge in [-0.3, -0.25) is 9.59 Å². The summed E-state index contributed by atoms with van der Waals surface area (Å²) in [5.41, 5.74) is 0.0266. The second-order valence-corrected chi connectivity index (χ2v) is 9.45. The summed E-state index contributed by atoms with van der Waals surface area (Å²) >= 11 is 0. The maximum absolute atomic E-state index is 12.8. The number of fused-ring (bicyclic) bond motifs is 1. The molecule has 150 valence electrons. The first-order valence-corrected chi connectivity index (χ1v) is 11.1. The number of rotatable bonds is 5. The Morgan fingerprint density at radius 1 is 1.10 bits per heavy atom. The van der Waals surface area contributed by atoms with E-state index >= 15 is 0 Å². The van der Waals surface area contributed by atoms with Gasteiger partial charge in [0, 0.05) is 11.1 Å². The standard InChI is InChI=1S/C21H21N3O4S/c25-20(14-24-21(26)19-11-4-1-6-15(19)13-22-24)23-16-7-5-10-18(12-16)29(27,28)17-8-2-3-9-17/h1,4-7,10-13,17H,2-3,8-9,14H2,(H,23,25). The minimum Gasteiger partial charge on any atom is -0.324 e. The summed E-state index contributed by atoms with van der Waals surface area (Å²) < 4.78 is 26.6. The smallest absolute Gasteiger partial charge is 0.275 e. The first-order valence-electron chi connectivity index (χ1n) is 9.54. The molecule has 3 aromatic rings. The summed E-state index contributed by atoms with van der Waals surface area (Å²) in [4.78, 5) is 25.1. The molecule has 29 heavy (non-hydrogen) atoms. The monoisotopic (exact) mass is 411 g/mol. The van der Waals surface area contributed by atoms with Crippen LogP contribution >= 0.6 is 0 Å². The molecule has 1 amide bonds. The van der Waals surface area contributed by atoms with Crippen molar-refractivity contribution in [2.24, 2.45) is 0 Å². The zero-order valence-corrected chi connectivity index (χ0v) is 16.6. The maximum atomic E-state index is 12.8. The van der Waals surface area contributed by atoms with Gasteiger partial charge in [-0.05, 0) is 37.1 Å². The van der Waals surface area contributed by atoms with E-state index in [1.807, 2.05) is 6.07 Å². The van der Waals surface area contributed by atoms with Gasteiger partial charge in [-0.15, -0.1) is 0 Å². The lowest BCUT2D eigenvalue weighted by Gasteiger charge is -2.13. The zero-order chi connectivity index (χ0) is 20.4. The minimum absolute atomic E-state index is 0.211. The van der Waals surface area contributed by atoms with Crippen LogP contribution in [-0.4, -0.2) is 29.4 Å². The molecule has 0 bridgehead atoms. The summed E-state index contributed by atoms with van der Waals surface area (Å²) in [6.45, 7) is -0.261. The van der Waals surface area contributed by atoms with Crippen molar-refractivity contribution in [3.63, 3.8) is 0 Å². The number of carbonyl (C=O) groups is 1. The van der Waals surface area contributed by atoms with E-state index in [0.29, 0.717) is 29.3 Å². The molecular weight excluding hydrogens is 390 g/mol. The number of hydrogen-bond donors (Lipinski definition) is 1. The van der Waals surface area contributed by atoms with Gasteiger partial charge in [0.05, 0.1) is 21.7 Å². The van der Waals surface area contributed by atoms with Crippen LogP contribution in [0.4, 0.5) is 5.69 Å². The highest BCUT2D eigenvalue weighted by Gasteiger charge is 2.30. The van der Waals surface area contributed by atoms with E-state index in [9.17, 15) is 18.0 Å². The van der Waals surface area contributed by atoms with Crippen LogP contribution in [0.15, 0.2) is 64.4 Å². The lowest BCUT2D eigenvalue weighted by molar-refractivity contribution is -0.117. The summed E-state index contributed by atoms with van der Waals surface area (Å²) in [6, 6.07) is 13.3. The molecule has 1 aromatic heterocycles. The second-order valence-electron chi connectivity index (χ2n) is 7.22. The Morgan fingerprint density at radius 2 is 1.86 bits per heavy atom. The van der Waals surface area contributed by atoms with E-state index in [0.717, 1.165) is 17.5 Å². The molecule has 1 aliphatic carbocycles. The first-order chi connectivity index (χ1) is 13.9. The van der Waals surface area contributed by atoms with Gasteiger partial charge in [-0.2, -0.15) is 5.10 Å². The maximum Gasteiger partial charge on any atom is 0.275 e. The van der Waals surface area contributed by atoms with Crippen molar-refractivity contribution >= 4 is 32.2 Å². The highest BCUT2D eigenvalue weighted by atomic mass is 32.2. The van der Waals surface area contributed by atoms with Gasteiger partial charge >= 0.3 is 0 Å². The number of anilines is 1. The lowest BCUT2D eigenvalue weighted by atomic mass is 10.2. The molecule has 1 saturated carbocycles. The Bertz CT molecular complexity index is 1230. The summed E-state index contributed by atoms with van der Waals surface area (Å²) in [7, 11) is -3.41. The Labute approximate surface area is 168 Å². The van der Waals surface area contributed by atoms with Crippen molar-refractivity contribution in [3.05, 3.63) is 65.1 Å². The Morgan fingerprint density at radius 3 is 2.66 bits per heavy atom.